The first-order valence-electron chi connectivity index (χ1n) is 6.05. The number of amides is 1. The molecule has 19 heavy (non-hydrogen) atoms. The molecule has 6 heteroatoms. The highest BCUT2D eigenvalue weighted by Crippen LogP contribution is 2.40. The minimum Gasteiger partial charge on any atom is -0.454 e. The average Bonchev–Trinajstić information content (AvgIpc) is 2.83. The summed E-state index contributed by atoms with van der Waals surface area (Å²) in [5.74, 6) is 0.754. The quantitative estimate of drug-likeness (QED) is 0.918. The molecule has 1 aromatic rings. The lowest BCUT2D eigenvalue weighted by Gasteiger charge is -2.26. The van der Waals surface area contributed by atoms with E-state index in [-0.39, 0.29) is 31.9 Å². The maximum atomic E-state index is 12.4. The SMILES string of the molecule is CC(C)N(CCO)C(=O)c1cc(Cl)c2c(c1)OCO2. The number of ether oxygens (including phenoxy) is 2. The van der Waals surface area contributed by atoms with Gasteiger partial charge >= 0.3 is 0 Å². The van der Waals surface area contributed by atoms with Gasteiger partial charge in [0, 0.05) is 18.2 Å². The zero-order valence-corrected chi connectivity index (χ0v) is 11.6. The van der Waals surface area contributed by atoms with Gasteiger partial charge in [-0.15, -0.1) is 0 Å². The molecule has 2 rings (SSSR count). The number of carbonyl (C=O) groups is 1. The summed E-state index contributed by atoms with van der Waals surface area (Å²) < 4.78 is 10.4. The second-order valence-corrected chi connectivity index (χ2v) is 4.91. The third kappa shape index (κ3) is 2.77. The van der Waals surface area contributed by atoms with E-state index in [1.165, 1.54) is 0 Å². The monoisotopic (exact) mass is 285 g/mol. The number of rotatable bonds is 4. The number of fused-ring (bicyclic) bond motifs is 1. The number of hydrogen-bond donors (Lipinski definition) is 1. The Morgan fingerprint density at radius 3 is 2.84 bits per heavy atom. The highest BCUT2D eigenvalue weighted by atomic mass is 35.5. The van der Waals surface area contributed by atoms with Crippen LogP contribution in [0.4, 0.5) is 0 Å². The molecule has 1 aliphatic heterocycles. The fourth-order valence-corrected chi connectivity index (χ4v) is 2.22. The standard InChI is InChI=1S/C13H16ClNO4/c1-8(2)15(3-4-16)13(17)9-5-10(14)12-11(6-9)18-7-19-12/h5-6,8,16H,3-4,7H2,1-2H3. The minimum absolute atomic E-state index is 0.0103. The van der Waals surface area contributed by atoms with Gasteiger partial charge in [-0.3, -0.25) is 4.79 Å². The van der Waals surface area contributed by atoms with Crippen LogP contribution in [-0.2, 0) is 0 Å². The molecule has 1 heterocycles. The van der Waals surface area contributed by atoms with Crippen LogP contribution in [0.3, 0.4) is 0 Å². The van der Waals surface area contributed by atoms with Crippen LogP contribution in [0.15, 0.2) is 12.1 Å². The molecule has 0 unspecified atom stereocenters. The van der Waals surface area contributed by atoms with E-state index in [0.29, 0.717) is 22.1 Å². The van der Waals surface area contributed by atoms with E-state index in [0.717, 1.165) is 0 Å². The second kappa shape index (κ2) is 5.67. The van der Waals surface area contributed by atoms with Gasteiger partial charge in [-0.25, -0.2) is 0 Å². The molecular weight excluding hydrogens is 270 g/mol. The topological polar surface area (TPSA) is 59.0 Å². The summed E-state index contributed by atoms with van der Waals surface area (Å²) in [7, 11) is 0. The molecule has 1 aliphatic rings. The normalized spacial score (nSPS) is 12.9. The number of halogens is 1. The number of aliphatic hydroxyl groups is 1. The fraction of sp³-hybridized carbons (Fsp3) is 0.462. The summed E-state index contributed by atoms with van der Waals surface area (Å²) in [4.78, 5) is 14.0. The van der Waals surface area contributed by atoms with Crippen LogP contribution in [0.1, 0.15) is 24.2 Å². The van der Waals surface area contributed by atoms with Crippen LogP contribution in [0.5, 0.6) is 11.5 Å². The van der Waals surface area contributed by atoms with E-state index in [1.54, 1.807) is 17.0 Å². The Bertz CT molecular complexity index is 490. The van der Waals surface area contributed by atoms with Crippen molar-refractivity contribution in [2.75, 3.05) is 19.9 Å². The maximum absolute atomic E-state index is 12.4. The largest absolute Gasteiger partial charge is 0.454 e. The Labute approximate surface area is 116 Å². The molecule has 0 spiro atoms. The zero-order valence-electron chi connectivity index (χ0n) is 10.9. The van der Waals surface area contributed by atoms with Gasteiger partial charge in [-0.2, -0.15) is 0 Å². The second-order valence-electron chi connectivity index (χ2n) is 4.51. The van der Waals surface area contributed by atoms with Crippen LogP contribution in [0, 0.1) is 0 Å². The molecule has 1 aromatic carbocycles. The van der Waals surface area contributed by atoms with Gasteiger partial charge in [0.15, 0.2) is 11.5 Å². The first-order chi connectivity index (χ1) is 9.04. The molecule has 0 aliphatic carbocycles. The van der Waals surface area contributed by atoms with Crippen molar-refractivity contribution in [3.8, 4) is 11.5 Å². The Morgan fingerprint density at radius 1 is 1.47 bits per heavy atom. The lowest BCUT2D eigenvalue weighted by molar-refractivity contribution is 0.0665. The number of aliphatic hydroxyl groups excluding tert-OH is 1. The van der Waals surface area contributed by atoms with E-state index in [1.807, 2.05) is 13.8 Å². The van der Waals surface area contributed by atoms with Gasteiger partial charge in [0.05, 0.1) is 11.6 Å². The first kappa shape index (κ1) is 14.0. The van der Waals surface area contributed by atoms with Crippen molar-refractivity contribution in [2.45, 2.75) is 19.9 Å². The minimum atomic E-state index is -0.191. The van der Waals surface area contributed by atoms with E-state index in [9.17, 15) is 4.79 Å². The highest BCUT2D eigenvalue weighted by molar-refractivity contribution is 6.32. The van der Waals surface area contributed by atoms with Gasteiger partial charge in [-0.1, -0.05) is 11.6 Å². The summed E-state index contributed by atoms with van der Waals surface area (Å²) >= 11 is 6.06. The van der Waals surface area contributed by atoms with E-state index >= 15 is 0 Å². The molecule has 104 valence electrons. The number of benzene rings is 1. The van der Waals surface area contributed by atoms with Gasteiger partial charge in [-0.05, 0) is 26.0 Å². The molecular formula is C13H16ClNO4. The fourth-order valence-electron chi connectivity index (χ4n) is 1.96. The summed E-state index contributed by atoms with van der Waals surface area (Å²) in [6, 6.07) is 3.16. The molecule has 1 amide bonds. The van der Waals surface area contributed by atoms with Crippen LogP contribution >= 0.6 is 11.6 Å². The van der Waals surface area contributed by atoms with Crippen LogP contribution in [0.2, 0.25) is 5.02 Å². The van der Waals surface area contributed by atoms with Crippen molar-refractivity contribution >= 4 is 17.5 Å². The molecule has 1 N–H and O–H groups in total. The Kier molecular flexibility index (Phi) is 4.17. The Balaban J connectivity index is 2.31. The zero-order chi connectivity index (χ0) is 14.0. The lowest BCUT2D eigenvalue weighted by Crippen LogP contribution is -2.39. The summed E-state index contributed by atoms with van der Waals surface area (Å²) in [5, 5.41) is 9.38. The van der Waals surface area contributed by atoms with Crippen molar-refractivity contribution in [3.05, 3.63) is 22.7 Å². The van der Waals surface area contributed by atoms with Crippen LogP contribution in [0.25, 0.3) is 0 Å². The molecule has 0 saturated carbocycles. The summed E-state index contributed by atoms with van der Waals surface area (Å²) in [6.45, 7) is 4.09. The third-order valence-corrected chi connectivity index (χ3v) is 3.18. The molecule has 5 nitrogen and oxygen atoms in total. The summed E-state index contributed by atoms with van der Waals surface area (Å²) in [5.41, 5.74) is 0.427. The van der Waals surface area contributed by atoms with E-state index in [2.05, 4.69) is 0 Å². The predicted octanol–water partition coefficient (Wildman–Crippen LogP) is 1.91. The number of carbonyl (C=O) groups excluding carboxylic acids is 1. The van der Waals surface area contributed by atoms with Crippen molar-refractivity contribution in [1.29, 1.82) is 0 Å². The molecule has 0 saturated heterocycles. The Morgan fingerprint density at radius 2 is 2.21 bits per heavy atom. The molecule has 0 aromatic heterocycles. The number of nitrogens with zero attached hydrogens (tertiary/aromatic N) is 1. The summed E-state index contributed by atoms with van der Waals surface area (Å²) in [6.07, 6.45) is 0. The molecule has 0 atom stereocenters. The predicted molar refractivity (Wildman–Crippen MR) is 70.8 cm³/mol. The van der Waals surface area contributed by atoms with Crippen molar-refractivity contribution in [1.82, 2.24) is 4.90 Å². The van der Waals surface area contributed by atoms with Gasteiger partial charge in [0.2, 0.25) is 6.79 Å². The van der Waals surface area contributed by atoms with E-state index in [4.69, 9.17) is 26.2 Å². The lowest BCUT2D eigenvalue weighted by atomic mass is 10.1. The maximum Gasteiger partial charge on any atom is 0.254 e. The molecule has 0 fully saturated rings. The van der Waals surface area contributed by atoms with Crippen molar-refractivity contribution in [2.24, 2.45) is 0 Å². The molecule has 0 radical (unpaired) electrons. The van der Waals surface area contributed by atoms with E-state index < -0.39 is 0 Å². The highest BCUT2D eigenvalue weighted by Gasteiger charge is 2.24. The average molecular weight is 286 g/mol. The molecule has 0 bridgehead atoms. The van der Waals surface area contributed by atoms with Crippen LogP contribution in [-0.4, -0.2) is 41.9 Å². The van der Waals surface area contributed by atoms with Gasteiger partial charge in [0.1, 0.15) is 0 Å². The van der Waals surface area contributed by atoms with Crippen molar-refractivity contribution < 1.29 is 19.4 Å². The van der Waals surface area contributed by atoms with Crippen LogP contribution < -0.4 is 9.47 Å². The first-order valence-corrected chi connectivity index (χ1v) is 6.43. The Hall–Kier alpha value is -1.46. The van der Waals surface area contributed by atoms with Gasteiger partial charge < -0.3 is 19.5 Å². The number of hydrogen-bond acceptors (Lipinski definition) is 4. The third-order valence-electron chi connectivity index (χ3n) is 2.90. The smallest absolute Gasteiger partial charge is 0.254 e. The van der Waals surface area contributed by atoms with Crippen molar-refractivity contribution in [3.63, 3.8) is 0 Å². The van der Waals surface area contributed by atoms with Gasteiger partial charge in [0.25, 0.3) is 5.91 Å².